The Morgan fingerprint density at radius 3 is 2.17 bits per heavy atom. The lowest BCUT2D eigenvalue weighted by atomic mass is 9.99. The number of carboxylic acids is 1. The summed E-state index contributed by atoms with van der Waals surface area (Å²) < 4.78 is 0. The molecule has 0 aliphatic heterocycles. The molecule has 0 aromatic heterocycles. The largest absolute Gasteiger partial charge is 0.481 e. The standard InChI is InChI=1S/C20H23NO3/c1-16(18-11-6-3-7-12-18)20(24)21(14-8-13-19(22)23)15-17-9-4-2-5-10-17/h2-7,9-12,16H,8,13-15H2,1H3,(H,22,23)/t16-/m1/s1. The molecule has 1 amide bonds. The van der Waals surface area contributed by atoms with Crippen molar-refractivity contribution in [3.05, 3.63) is 71.8 Å². The Balaban J connectivity index is 2.11. The average Bonchev–Trinajstić information content (AvgIpc) is 2.61. The first-order valence-corrected chi connectivity index (χ1v) is 8.17. The number of rotatable bonds is 8. The molecule has 1 N–H and O–H groups in total. The molecule has 0 spiro atoms. The molecule has 4 heteroatoms. The van der Waals surface area contributed by atoms with Crippen LogP contribution in [-0.2, 0) is 16.1 Å². The fourth-order valence-corrected chi connectivity index (χ4v) is 2.65. The van der Waals surface area contributed by atoms with Gasteiger partial charge in [-0.05, 0) is 24.5 Å². The highest BCUT2D eigenvalue weighted by atomic mass is 16.4. The van der Waals surface area contributed by atoms with Crippen LogP contribution in [0.3, 0.4) is 0 Å². The van der Waals surface area contributed by atoms with Crippen molar-refractivity contribution in [1.29, 1.82) is 0 Å². The highest BCUT2D eigenvalue weighted by molar-refractivity contribution is 5.83. The first-order valence-electron chi connectivity index (χ1n) is 8.17. The molecular weight excluding hydrogens is 302 g/mol. The predicted molar refractivity (Wildman–Crippen MR) is 93.6 cm³/mol. The maximum atomic E-state index is 12.9. The van der Waals surface area contributed by atoms with E-state index in [-0.39, 0.29) is 18.2 Å². The summed E-state index contributed by atoms with van der Waals surface area (Å²) >= 11 is 0. The minimum Gasteiger partial charge on any atom is -0.481 e. The Kier molecular flexibility index (Phi) is 6.55. The number of benzene rings is 2. The van der Waals surface area contributed by atoms with E-state index in [2.05, 4.69) is 0 Å². The van der Waals surface area contributed by atoms with Crippen LogP contribution >= 0.6 is 0 Å². The lowest BCUT2D eigenvalue weighted by Gasteiger charge is -2.26. The van der Waals surface area contributed by atoms with E-state index in [9.17, 15) is 9.59 Å². The van der Waals surface area contributed by atoms with Crippen LogP contribution in [0.4, 0.5) is 0 Å². The molecule has 0 unspecified atom stereocenters. The molecule has 2 aromatic carbocycles. The van der Waals surface area contributed by atoms with Crippen LogP contribution in [0, 0.1) is 0 Å². The topological polar surface area (TPSA) is 57.6 Å². The van der Waals surface area contributed by atoms with E-state index in [4.69, 9.17) is 5.11 Å². The first kappa shape index (κ1) is 17.7. The summed E-state index contributed by atoms with van der Waals surface area (Å²) in [6.07, 6.45) is 0.522. The summed E-state index contributed by atoms with van der Waals surface area (Å²) in [6.45, 7) is 2.83. The van der Waals surface area contributed by atoms with Gasteiger partial charge in [0.2, 0.25) is 5.91 Å². The Morgan fingerprint density at radius 1 is 1.00 bits per heavy atom. The molecule has 0 bridgehead atoms. The van der Waals surface area contributed by atoms with Crippen molar-refractivity contribution in [2.45, 2.75) is 32.2 Å². The minimum atomic E-state index is -0.835. The van der Waals surface area contributed by atoms with Gasteiger partial charge in [-0.25, -0.2) is 0 Å². The second-order valence-corrected chi connectivity index (χ2v) is 5.88. The predicted octanol–water partition coefficient (Wildman–Crippen LogP) is 3.68. The highest BCUT2D eigenvalue weighted by Gasteiger charge is 2.22. The molecule has 2 rings (SSSR count). The van der Waals surface area contributed by atoms with Crippen LogP contribution in [0.1, 0.15) is 36.8 Å². The van der Waals surface area contributed by atoms with Gasteiger partial charge in [-0.1, -0.05) is 60.7 Å². The maximum absolute atomic E-state index is 12.9. The van der Waals surface area contributed by atoms with E-state index >= 15 is 0 Å². The summed E-state index contributed by atoms with van der Waals surface area (Å²) in [5.74, 6) is -1.06. The summed E-state index contributed by atoms with van der Waals surface area (Å²) in [5.41, 5.74) is 2.01. The second-order valence-electron chi connectivity index (χ2n) is 5.88. The van der Waals surface area contributed by atoms with Gasteiger partial charge in [0.1, 0.15) is 0 Å². The zero-order valence-electron chi connectivity index (χ0n) is 13.9. The quantitative estimate of drug-likeness (QED) is 0.805. The summed E-state index contributed by atoms with van der Waals surface area (Å²) in [6, 6.07) is 19.4. The molecule has 0 saturated heterocycles. The number of aliphatic carboxylic acids is 1. The van der Waals surface area contributed by atoms with Crippen LogP contribution in [0.15, 0.2) is 60.7 Å². The maximum Gasteiger partial charge on any atom is 0.303 e. The molecule has 0 saturated carbocycles. The summed E-state index contributed by atoms with van der Waals surface area (Å²) in [7, 11) is 0. The molecule has 0 fully saturated rings. The van der Waals surface area contributed by atoms with E-state index in [1.165, 1.54) is 0 Å². The Hall–Kier alpha value is -2.62. The highest BCUT2D eigenvalue weighted by Crippen LogP contribution is 2.19. The number of carbonyl (C=O) groups excluding carboxylic acids is 1. The van der Waals surface area contributed by atoms with Crippen molar-refractivity contribution >= 4 is 11.9 Å². The van der Waals surface area contributed by atoms with Gasteiger partial charge in [0.05, 0.1) is 5.92 Å². The van der Waals surface area contributed by atoms with Crippen molar-refractivity contribution in [3.8, 4) is 0 Å². The molecule has 24 heavy (non-hydrogen) atoms. The van der Waals surface area contributed by atoms with E-state index in [0.29, 0.717) is 19.5 Å². The lowest BCUT2D eigenvalue weighted by Crippen LogP contribution is -2.35. The van der Waals surface area contributed by atoms with Crippen molar-refractivity contribution < 1.29 is 14.7 Å². The molecule has 0 aliphatic carbocycles. The molecule has 0 aliphatic rings. The number of amides is 1. The van der Waals surface area contributed by atoms with Gasteiger partial charge in [0.15, 0.2) is 0 Å². The lowest BCUT2D eigenvalue weighted by molar-refractivity contribution is -0.138. The Labute approximate surface area is 142 Å². The third kappa shape index (κ3) is 5.23. The molecule has 0 heterocycles. The molecule has 126 valence electrons. The van der Waals surface area contributed by atoms with Gasteiger partial charge in [0.25, 0.3) is 0 Å². The van der Waals surface area contributed by atoms with Gasteiger partial charge >= 0.3 is 5.97 Å². The van der Waals surface area contributed by atoms with Gasteiger partial charge in [-0.3, -0.25) is 9.59 Å². The van der Waals surface area contributed by atoms with Crippen LogP contribution in [0.2, 0.25) is 0 Å². The van der Waals surface area contributed by atoms with Crippen LogP contribution in [0.25, 0.3) is 0 Å². The monoisotopic (exact) mass is 325 g/mol. The fourth-order valence-electron chi connectivity index (χ4n) is 2.65. The minimum absolute atomic E-state index is 0.0236. The summed E-state index contributed by atoms with van der Waals surface area (Å²) in [4.78, 5) is 25.4. The zero-order valence-corrected chi connectivity index (χ0v) is 13.9. The van der Waals surface area contributed by atoms with E-state index in [1.54, 1.807) is 4.90 Å². The van der Waals surface area contributed by atoms with Crippen molar-refractivity contribution in [2.24, 2.45) is 0 Å². The Morgan fingerprint density at radius 2 is 1.58 bits per heavy atom. The smallest absolute Gasteiger partial charge is 0.303 e. The zero-order chi connectivity index (χ0) is 17.4. The number of nitrogens with zero attached hydrogens (tertiary/aromatic N) is 1. The first-order chi connectivity index (χ1) is 11.6. The second kappa shape index (κ2) is 8.87. The van der Waals surface area contributed by atoms with E-state index < -0.39 is 5.97 Å². The molecular formula is C20H23NO3. The fraction of sp³-hybridized carbons (Fsp3) is 0.300. The molecule has 1 atom stereocenters. The number of hydrogen-bond acceptors (Lipinski definition) is 2. The van der Waals surface area contributed by atoms with E-state index in [0.717, 1.165) is 11.1 Å². The third-order valence-electron chi connectivity index (χ3n) is 4.02. The van der Waals surface area contributed by atoms with Crippen LogP contribution < -0.4 is 0 Å². The number of carboxylic acid groups (broad SMARTS) is 1. The van der Waals surface area contributed by atoms with E-state index in [1.807, 2.05) is 67.6 Å². The SMILES string of the molecule is C[C@@H](C(=O)N(CCCC(=O)O)Cc1ccccc1)c1ccccc1. The number of hydrogen-bond donors (Lipinski definition) is 1. The molecule has 2 aromatic rings. The van der Waals surface area contributed by atoms with Gasteiger partial charge < -0.3 is 10.0 Å². The van der Waals surface area contributed by atoms with Gasteiger partial charge in [-0.15, -0.1) is 0 Å². The average molecular weight is 325 g/mol. The van der Waals surface area contributed by atoms with Gasteiger partial charge in [-0.2, -0.15) is 0 Å². The van der Waals surface area contributed by atoms with Crippen LogP contribution in [-0.4, -0.2) is 28.4 Å². The summed E-state index contributed by atoms with van der Waals surface area (Å²) in [5, 5.41) is 8.84. The van der Waals surface area contributed by atoms with Crippen LogP contribution in [0.5, 0.6) is 0 Å². The van der Waals surface area contributed by atoms with Crippen molar-refractivity contribution in [1.82, 2.24) is 4.90 Å². The molecule has 4 nitrogen and oxygen atoms in total. The molecule has 0 radical (unpaired) electrons. The third-order valence-corrected chi connectivity index (χ3v) is 4.02. The Bertz CT molecular complexity index is 655. The van der Waals surface area contributed by atoms with Crippen molar-refractivity contribution in [3.63, 3.8) is 0 Å². The van der Waals surface area contributed by atoms with Gasteiger partial charge in [0, 0.05) is 19.5 Å². The van der Waals surface area contributed by atoms with Crippen molar-refractivity contribution in [2.75, 3.05) is 6.54 Å². The number of carbonyl (C=O) groups is 2. The normalized spacial score (nSPS) is 11.7.